The van der Waals surface area contributed by atoms with Crippen molar-refractivity contribution in [3.8, 4) is 0 Å². The number of hydrogen-bond acceptors (Lipinski definition) is 1. The average molecular weight is 305 g/mol. The molecule has 0 radical (unpaired) electrons. The molecule has 0 atom stereocenters. The highest BCUT2D eigenvalue weighted by molar-refractivity contribution is 7.80. The molecule has 104 valence electrons. The van der Waals surface area contributed by atoms with Crippen molar-refractivity contribution in [3.05, 3.63) is 58.1 Å². The molecule has 2 aromatic carbocycles. The van der Waals surface area contributed by atoms with E-state index >= 15 is 0 Å². The topological polar surface area (TPSA) is 24.1 Å². The number of hydrogen-bond donors (Lipinski definition) is 2. The minimum absolute atomic E-state index is 0.532. The third-order valence-corrected chi connectivity index (χ3v) is 3.53. The van der Waals surface area contributed by atoms with E-state index in [1.54, 1.807) is 0 Å². The van der Waals surface area contributed by atoms with Crippen LogP contribution in [0.15, 0.2) is 36.4 Å². The molecule has 0 saturated carbocycles. The second-order valence-corrected chi connectivity index (χ2v) is 5.70. The highest BCUT2D eigenvalue weighted by Crippen LogP contribution is 2.23. The molecule has 0 fully saturated rings. The number of rotatable bonds is 2. The van der Waals surface area contributed by atoms with Crippen LogP contribution in [-0.4, -0.2) is 5.11 Å². The Balaban J connectivity index is 2.11. The van der Waals surface area contributed by atoms with Gasteiger partial charge in [-0.25, -0.2) is 0 Å². The summed E-state index contributed by atoms with van der Waals surface area (Å²) in [6.45, 7) is 6.10. The predicted molar refractivity (Wildman–Crippen MR) is 91.9 cm³/mol. The molecule has 0 saturated heterocycles. The maximum absolute atomic E-state index is 6.18. The van der Waals surface area contributed by atoms with Gasteiger partial charge in [-0.2, -0.15) is 0 Å². The number of benzene rings is 2. The van der Waals surface area contributed by atoms with Gasteiger partial charge in [0.2, 0.25) is 0 Å². The second kappa shape index (κ2) is 6.25. The molecule has 2 N–H and O–H groups in total. The Morgan fingerprint density at radius 3 is 2.20 bits per heavy atom. The normalized spacial score (nSPS) is 10.2. The molecule has 0 heterocycles. The fourth-order valence-corrected chi connectivity index (χ4v) is 2.37. The summed E-state index contributed by atoms with van der Waals surface area (Å²) in [5, 5.41) is 7.52. The van der Waals surface area contributed by atoms with Crippen LogP contribution in [-0.2, 0) is 0 Å². The van der Waals surface area contributed by atoms with Crippen LogP contribution >= 0.6 is 23.8 Å². The lowest BCUT2D eigenvalue weighted by Gasteiger charge is -2.14. The van der Waals surface area contributed by atoms with Gasteiger partial charge in [-0.05, 0) is 67.9 Å². The van der Waals surface area contributed by atoms with E-state index in [0.717, 1.165) is 22.5 Å². The Bertz CT molecular complexity index is 653. The highest BCUT2D eigenvalue weighted by atomic mass is 35.5. The van der Waals surface area contributed by atoms with Crippen LogP contribution in [0.5, 0.6) is 0 Å². The van der Waals surface area contributed by atoms with E-state index in [1.165, 1.54) is 5.56 Å². The molecule has 20 heavy (non-hydrogen) atoms. The van der Waals surface area contributed by atoms with Crippen LogP contribution in [0.3, 0.4) is 0 Å². The molecule has 0 aliphatic carbocycles. The van der Waals surface area contributed by atoms with Crippen LogP contribution in [0.4, 0.5) is 11.4 Å². The summed E-state index contributed by atoms with van der Waals surface area (Å²) >= 11 is 11.5. The van der Waals surface area contributed by atoms with E-state index in [-0.39, 0.29) is 0 Å². The van der Waals surface area contributed by atoms with Crippen LogP contribution in [0.1, 0.15) is 16.7 Å². The van der Waals surface area contributed by atoms with Crippen molar-refractivity contribution >= 4 is 40.3 Å². The Morgan fingerprint density at radius 1 is 0.900 bits per heavy atom. The van der Waals surface area contributed by atoms with Crippen molar-refractivity contribution in [2.75, 3.05) is 10.6 Å². The van der Waals surface area contributed by atoms with Crippen LogP contribution in [0.25, 0.3) is 0 Å². The first-order chi connectivity index (χ1) is 9.45. The van der Waals surface area contributed by atoms with Gasteiger partial charge < -0.3 is 10.6 Å². The Labute approximate surface area is 130 Å². The minimum Gasteiger partial charge on any atom is -0.332 e. The molecule has 2 rings (SSSR count). The number of anilines is 2. The quantitative estimate of drug-likeness (QED) is 0.757. The molecule has 0 aromatic heterocycles. The average Bonchev–Trinajstić information content (AvgIpc) is 2.37. The number of thiocarbonyl (C=S) groups is 1. The molecule has 0 amide bonds. The summed E-state index contributed by atoms with van der Waals surface area (Å²) in [5.41, 5.74) is 5.27. The summed E-state index contributed by atoms with van der Waals surface area (Å²) in [7, 11) is 0. The molecule has 2 aromatic rings. The van der Waals surface area contributed by atoms with E-state index < -0.39 is 0 Å². The van der Waals surface area contributed by atoms with Gasteiger partial charge in [-0.3, -0.25) is 0 Å². The first-order valence-electron chi connectivity index (χ1n) is 6.37. The monoisotopic (exact) mass is 304 g/mol. The summed E-state index contributed by atoms with van der Waals surface area (Å²) < 4.78 is 0. The SMILES string of the molecule is Cc1ccc(NC(=S)Nc2cc(C)ccc2C)c(Cl)c1. The standard InChI is InChI=1S/C16H17ClN2S/c1-10-5-7-14(13(17)8-10)18-16(20)19-15-9-11(2)4-6-12(15)3/h4-9H,1-3H3,(H2,18,19,20). The van der Waals surface area contributed by atoms with E-state index in [2.05, 4.69) is 35.8 Å². The van der Waals surface area contributed by atoms with Gasteiger partial charge in [0.25, 0.3) is 0 Å². The summed E-state index contributed by atoms with van der Waals surface area (Å²) in [5.74, 6) is 0. The zero-order valence-corrected chi connectivity index (χ0v) is 13.3. The van der Waals surface area contributed by atoms with Gasteiger partial charge in [0.1, 0.15) is 0 Å². The third-order valence-electron chi connectivity index (χ3n) is 3.01. The van der Waals surface area contributed by atoms with Gasteiger partial charge in [-0.1, -0.05) is 29.8 Å². The molecule has 2 nitrogen and oxygen atoms in total. The van der Waals surface area contributed by atoms with Gasteiger partial charge in [0.05, 0.1) is 10.7 Å². The molecule has 0 aliphatic heterocycles. The summed E-state index contributed by atoms with van der Waals surface area (Å²) in [6, 6.07) is 12.0. The van der Waals surface area contributed by atoms with Gasteiger partial charge in [-0.15, -0.1) is 0 Å². The first kappa shape index (κ1) is 14.8. The lowest BCUT2D eigenvalue weighted by molar-refractivity contribution is 1.39. The predicted octanol–water partition coefficient (Wildman–Crippen LogP) is 5.07. The maximum Gasteiger partial charge on any atom is 0.175 e. The van der Waals surface area contributed by atoms with Crippen molar-refractivity contribution in [2.24, 2.45) is 0 Å². The van der Waals surface area contributed by atoms with E-state index in [1.807, 2.05) is 32.0 Å². The zero-order chi connectivity index (χ0) is 14.7. The Kier molecular flexibility index (Phi) is 4.63. The van der Waals surface area contributed by atoms with Crippen molar-refractivity contribution in [2.45, 2.75) is 20.8 Å². The van der Waals surface area contributed by atoms with Crippen LogP contribution in [0, 0.1) is 20.8 Å². The fraction of sp³-hybridized carbons (Fsp3) is 0.188. The lowest BCUT2D eigenvalue weighted by Crippen LogP contribution is -2.19. The molecule has 0 bridgehead atoms. The van der Waals surface area contributed by atoms with Gasteiger partial charge in [0.15, 0.2) is 5.11 Å². The van der Waals surface area contributed by atoms with E-state index in [0.29, 0.717) is 10.1 Å². The Hall–Kier alpha value is -1.58. The van der Waals surface area contributed by atoms with Crippen molar-refractivity contribution in [3.63, 3.8) is 0 Å². The summed E-state index contributed by atoms with van der Waals surface area (Å²) in [4.78, 5) is 0. The molecule has 4 heteroatoms. The number of nitrogens with one attached hydrogen (secondary N) is 2. The fourth-order valence-electron chi connectivity index (χ4n) is 1.87. The molecular weight excluding hydrogens is 288 g/mol. The molecule has 0 spiro atoms. The Morgan fingerprint density at radius 2 is 1.50 bits per heavy atom. The van der Waals surface area contributed by atoms with E-state index in [4.69, 9.17) is 23.8 Å². The third kappa shape index (κ3) is 3.71. The van der Waals surface area contributed by atoms with Crippen molar-refractivity contribution < 1.29 is 0 Å². The number of aryl methyl sites for hydroxylation is 3. The van der Waals surface area contributed by atoms with Crippen molar-refractivity contribution in [1.82, 2.24) is 0 Å². The van der Waals surface area contributed by atoms with Gasteiger partial charge in [0, 0.05) is 5.69 Å². The van der Waals surface area contributed by atoms with Gasteiger partial charge >= 0.3 is 0 Å². The maximum atomic E-state index is 6.18. The number of halogens is 1. The highest BCUT2D eigenvalue weighted by Gasteiger charge is 2.05. The van der Waals surface area contributed by atoms with Crippen LogP contribution in [0.2, 0.25) is 5.02 Å². The van der Waals surface area contributed by atoms with Crippen LogP contribution < -0.4 is 10.6 Å². The summed E-state index contributed by atoms with van der Waals surface area (Å²) in [6.07, 6.45) is 0. The zero-order valence-electron chi connectivity index (χ0n) is 11.8. The van der Waals surface area contributed by atoms with Crippen molar-refractivity contribution in [1.29, 1.82) is 0 Å². The molecule has 0 unspecified atom stereocenters. The second-order valence-electron chi connectivity index (χ2n) is 4.88. The largest absolute Gasteiger partial charge is 0.332 e. The smallest absolute Gasteiger partial charge is 0.175 e. The molecular formula is C16H17ClN2S. The minimum atomic E-state index is 0.532. The first-order valence-corrected chi connectivity index (χ1v) is 7.16. The lowest BCUT2D eigenvalue weighted by atomic mass is 10.1. The van der Waals surface area contributed by atoms with E-state index in [9.17, 15) is 0 Å². The molecule has 0 aliphatic rings.